The van der Waals surface area contributed by atoms with Gasteiger partial charge in [-0.15, -0.1) is 0 Å². The van der Waals surface area contributed by atoms with Crippen molar-refractivity contribution in [2.75, 3.05) is 6.61 Å². The number of hydrogen-bond acceptors (Lipinski definition) is 4. The van der Waals surface area contributed by atoms with Gasteiger partial charge in [0.1, 0.15) is 11.9 Å². The Hall–Kier alpha value is -1.11. The number of sulfonamides is 1. The van der Waals surface area contributed by atoms with Crippen molar-refractivity contribution in [1.82, 2.24) is 0 Å². The van der Waals surface area contributed by atoms with Crippen LogP contribution >= 0.6 is 0 Å². The number of rotatable bonds is 3. The highest BCUT2D eigenvalue weighted by atomic mass is 32.2. The summed E-state index contributed by atoms with van der Waals surface area (Å²) < 4.78 is 34.2. The molecule has 20 heavy (non-hydrogen) atoms. The largest absolute Gasteiger partial charge is 0.490 e. The molecule has 5 nitrogen and oxygen atoms in total. The van der Waals surface area contributed by atoms with E-state index in [-0.39, 0.29) is 16.6 Å². The molecule has 0 radical (unpaired) electrons. The lowest BCUT2D eigenvalue weighted by Gasteiger charge is -2.46. The Morgan fingerprint density at radius 3 is 2.50 bits per heavy atom. The molecule has 1 atom stereocenters. The first kappa shape index (κ1) is 13.9. The molecule has 1 aromatic carbocycles. The van der Waals surface area contributed by atoms with Crippen molar-refractivity contribution >= 4 is 10.0 Å². The van der Waals surface area contributed by atoms with Crippen LogP contribution in [0.15, 0.2) is 29.2 Å². The highest BCUT2D eigenvalue weighted by Crippen LogP contribution is 2.43. The quantitative estimate of drug-likeness (QED) is 0.923. The third kappa shape index (κ3) is 2.82. The van der Waals surface area contributed by atoms with Crippen LogP contribution in [0.3, 0.4) is 0 Å². The fourth-order valence-electron chi connectivity index (χ4n) is 2.90. The van der Waals surface area contributed by atoms with Crippen LogP contribution in [0.25, 0.3) is 0 Å². The minimum Gasteiger partial charge on any atom is -0.490 e. The van der Waals surface area contributed by atoms with E-state index in [4.69, 9.17) is 14.6 Å². The molecule has 6 heteroatoms. The highest BCUT2D eigenvalue weighted by molar-refractivity contribution is 7.89. The zero-order valence-electron chi connectivity index (χ0n) is 11.2. The maximum absolute atomic E-state index is 11.2. The smallest absolute Gasteiger partial charge is 0.238 e. The summed E-state index contributed by atoms with van der Waals surface area (Å²) in [4.78, 5) is 0.104. The molecule has 110 valence electrons. The second kappa shape index (κ2) is 5.02. The van der Waals surface area contributed by atoms with E-state index < -0.39 is 10.0 Å². The van der Waals surface area contributed by atoms with Crippen LogP contribution in [0.2, 0.25) is 0 Å². The lowest BCUT2D eigenvalue weighted by molar-refractivity contribution is -0.153. The van der Waals surface area contributed by atoms with Gasteiger partial charge in [0.15, 0.2) is 0 Å². The summed E-state index contributed by atoms with van der Waals surface area (Å²) in [6, 6.07) is 6.26. The predicted molar refractivity (Wildman–Crippen MR) is 74.0 cm³/mol. The minimum atomic E-state index is -3.64. The van der Waals surface area contributed by atoms with Gasteiger partial charge in [0.2, 0.25) is 10.0 Å². The molecule has 1 saturated heterocycles. The number of ether oxygens (including phenoxy) is 2. The number of benzene rings is 1. The van der Waals surface area contributed by atoms with E-state index in [1.54, 1.807) is 12.1 Å². The summed E-state index contributed by atoms with van der Waals surface area (Å²) in [5, 5.41) is 5.07. The molecule has 0 bridgehead atoms. The Labute approximate surface area is 119 Å². The fraction of sp³-hybridized carbons (Fsp3) is 0.571. The van der Waals surface area contributed by atoms with E-state index in [9.17, 15) is 8.42 Å². The molecule has 2 fully saturated rings. The van der Waals surface area contributed by atoms with Crippen molar-refractivity contribution in [3.05, 3.63) is 24.3 Å². The molecule has 1 heterocycles. The van der Waals surface area contributed by atoms with Gasteiger partial charge < -0.3 is 9.47 Å². The van der Waals surface area contributed by atoms with Crippen LogP contribution in [0.4, 0.5) is 0 Å². The Morgan fingerprint density at radius 1 is 1.25 bits per heavy atom. The Balaban J connectivity index is 1.65. The van der Waals surface area contributed by atoms with Gasteiger partial charge in [0.05, 0.1) is 17.1 Å². The van der Waals surface area contributed by atoms with Gasteiger partial charge in [0.25, 0.3) is 0 Å². The number of nitrogens with two attached hydrogens (primary N) is 1. The summed E-state index contributed by atoms with van der Waals surface area (Å²) in [7, 11) is -3.64. The molecular formula is C14H19NO4S. The van der Waals surface area contributed by atoms with Crippen LogP contribution in [0.1, 0.15) is 32.1 Å². The summed E-state index contributed by atoms with van der Waals surface area (Å²) >= 11 is 0. The fourth-order valence-corrected chi connectivity index (χ4v) is 3.42. The van der Waals surface area contributed by atoms with E-state index in [0.717, 1.165) is 32.3 Å². The Morgan fingerprint density at radius 2 is 1.95 bits per heavy atom. The van der Waals surface area contributed by atoms with Gasteiger partial charge in [-0.25, -0.2) is 13.6 Å². The first-order chi connectivity index (χ1) is 9.47. The normalized spacial score (nSPS) is 25.1. The summed E-state index contributed by atoms with van der Waals surface area (Å²) in [6.07, 6.45) is 5.41. The first-order valence-electron chi connectivity index (χ1n) is 6.90. The van der Waals surface area contributed by atoms with Gasteiger partial charge in [-0.2, -0.15) is 0 Å². The van der Waals surface area contributed by atoms with Gasteiger partial charge in [-0.05, 0) is 43.5 Å². The monoisotopic (exact) mass is 297 g/mol. The SMILES string of the molecule is NS(=O)(=O)c1ccc(OC2CCOC3(CCC3)C2)cc1. The zero-order valence-corrected chi connectivity index (χ0v) is 12.1. The molecule has 1 aliphatic carbocycles. The summed E-state index contributed by atoms with van der Waals surface area (Å²) in [6.45, 7) is 0.736. The highest BCUT2D eigenvalue weighted by Gasteiger charge is 2.43. The molecule has 1 saturated carbocycles. The van der Waals surface area contributed by atoms with E-state index in [2.05, 4.69) is 0 Å². The molecule has 2 N–H and O–H groups in total. The number of primary sulfonamides is 1. The second-order valence-corrected chi connectivity index (χ2v) is 7.20. The third-order valence-electron chi connectivity index (χ3n) is 4.17. The lowest BCUT2D eigenvalue weighted by atomic mass is 9.74. The van der Waals surface area contributed by atoms with Crippen LogP contribution in [0, 0.1) is 0 Å². The minimum absolute atomic E-state index is 0.0451. The van der Waals surface area contributed by atoms with Crippen molar-refractivity contribution in [1.29, 1.82) is 0 Å². The molecule has 3 rings (SSSR count). The van der Waals surface area contributed by atoms with Crippen molar-refractivity contribution in [2.24, 2.45) is 5.14 Å². The average Bonchev–Trinajstić information content (AvgIpc) is 2.37. The molecule has 1 spiro atoms. The number of hydrogen-bond donors (Lipinski definition) is 1. The van der Waals surface area contributed by atoms with Crippen LogP contribution < -0.4 is 9.88 Å². The van der Waals surface area contributed by atoms with Crippen LogP contribution in [-0.4, -0.2) is 26.7 Å². The molecular weight excluding hydrogens is 278 g/mol. The molecule has 1 unspecified atom stereocenters. The second-order valence-electron chi connectivity index (χ2n) is 5.63. The van der Waals surface area contributed by atoms with Gasteiger partial charge >= 0.3 is 0 Å². The lowest BCUT2D eigenvalue weighted by Crippen LogP contribution is -2.48. The zero-order chi connectivity index (χ0) is 14.2. The molecule has 0 aromatic heterocycles. The molecule has 2 aliphatic rings. The van der Waals surface area contributed by atoms with Crippen LogP contribution in [-0.2, 0) is 14.8 Å². The van der Waals surface area contributed by atoms with Crippen molar-refractivity contribution in [2.45, 2.75) is 48.7 Å². The van der Waals surface area contributed by atoms with Crippen molar-refractivity contribution in [3.63, 3.8) is 0 Å². The Bertz CT molecular complexity index is 578. The van der Waals surface area contributed by atoms with Gasteiger partial charge in [0, 0.05) is 12.8 Å². The first-order valence-corrected chi connectivity index (χ1v) is 8.45. The summed E-state index contributed by atoms with van der Waals surface area (Å²) in [5.74, 6) is 0.679. The van der Waals surface area contributed by atoms with E-state index in [1.807, 2.05) is 0 Å². The van der Waals surface area contributed by atoms with Crippen molar-refractivity contribution < 1.29 is 17.9 Å². The average molecular weight is 297 g/mol. The Kier molecular flexibility index (Phi) is 3.48. The summed E-state index contributed by atoms with van der Waals surface area (Å²) in [5.41, 5.74) is 0.0451. The maximum atomic E-state index is 11.2. The van der Waals surface area contributed by atoms with E-state index in [0.29, 0.717) is 5.75 Å². The molecule has 1 aromatic rings. The van der Waals surface area contributed by atoms with Gasteiger partial charge in [-0.3, -0.25) is 0 Å². The molecule has 0 amide bonds. The van der Waals surface area contributed by atoms with Crippen molar-refractivity contribution in [3.8, 4) is 5.75 Å². The topological polar surface area (TPSA) is 78.6 Å². The van der Waals surface area contributed by atoms with E-state index in [1.165, 1.54) is 18.6 Å². The van der Waals surface area contributed by atoms with Crippen LogP contribution in [0.5, 0.6) is 5.75 Å². The van der Waals surface area contributed by atoms with Gasteiger partial charge in [-0.1, -0.05) is 0 Å². The van der Waals surface area contributed by atoms with E-state index >= 15 is 0 Å². The molecule has 1 aliphatic heterocycles. The predicted octanol–water partition coefficient (Wildman–Crippen LogP) is 1.81. The standard InChI is InChI=1S/C14H19NO4S/c15-20(16,17)13-4-2-11(3-5-13)19-12-6-9-18-14(10-12)7-1-8-14/h2-5,12H,1,6-10H2,(H2,15,16,17). The third-order valence-corrected chi connectivity index (χ3v) is 5.10. The maximum Gasteiger partial charge on any atom is 0.238 e.